The summed E-state index contributed by atoms with van der Waals surface area (Å²) in [5.74, 6) is -1.12. The molecule has 1 aromatic rings. The number of anilines is 1. The van der Waals surface area contributed by atoms with Crippen molar-refractivity contribution in [1.29, 1.82) is 0 Å². The molecule has 1 aromatic carbocycles. The number of piperazine rings is 1. The van der Waals surface area contributed by atoms with Gasteiger partial charge >= 0.3 is 0 Å². The first kappa shape index (κ1) is 19.9. The lowest BCUT2D eigenvalue weighted by molar-refractivity contribution is -0.384. The van der Waals surface area contributed by atoms with Crippen molar-refractivity contribution in [2.45, 2.75) is 19.9 Å². The van der Waals surface area contributed by atoms with Crippen LogP contribution in [0.5, 0.6) is 0 Å². The zero-order valence-corrected chi connectivity index (χ0v) is 16.4. The molecule has 0 unspecified atom stereocenters. The molecule has 0 saturated carbocycles. The third-order valence-electron chi connectivity index (χ3n) is 4.63. The van der Waals surface area contributed by atoms with E-state index in [0.717, 1.165) is 31.9 Å². The minimum atomic E-state index is -0.607. The third-order valence-corrected chi connectivity index (χ3v) is 4.93. The van der Waals surface area contributed by atoms with E-state index in [9.17, 15) is 19.7 Å². The number of nitrogens with one attached hydrogen (secondary N) is 2. The third kappa shape index (κ3) is 3.87. The smallest absolute Gasteiger partial charge is 0.270 e. The van der Waals surface area contributed by atoms with Crippen LogP contribution in [0.3, 0.4) is 0 Å². The number of carbonyl (C=O) groups excluding carboxylic acids is 2. The molecule has 0 spiro atoms. The summed E-state index contributed by atoms with van der Waals surface area (Å²) in [7, 11) is 0. The Kier molecular flexibility index (Phi) is 5.71. The van der Waals surface area contributed by atoms with Gasteiger partial charge in [0.25, 0.3) is 17.5 Å². The van der Waals surface area contributed by atoms with Crippen LogP contribution in [0.2, 0.25) is 0 Å². The number of carbonyl (C=O) groups is 2. The van der Waals surface area contributed by atoms with Gasteiger partial charge in [0, 0.05) is 55.6 Å². The normalized spacial score (nSPS) is 19.4. The Morgan fingerprint density at radius 3 is 2.54 bits per heavy atom. The van der Waals surface area contributed by atoms with Gasteiger partial charge in [-0.1, -0.05) is 0 Å². The Morgan fingerprint density at radius 1 is 1.25 bits per heavy atom. The van der Waals surface area contributed by atoms with Crippen LogP contribution in [0, 0.1) is 10.1 Å². The average Bonchev–Trinajstić information content (AvgIpc) is 2.65. The molecule has 2 aliphatic rings. The Morgan fingerprint density at radius 2 is 1.93 bits per heavy atom. The summed E-state index contributed by atoms with van der Waals surface area (Å²) < 4.78 is 0. The first-order valence-corrected chi connectivity index (χ1v) is 9.35. The Hall–Kier alpha value is -2.85. The van der Waals surface area contributed by atoms with Crippen LogP contribution in [-0.2, 0) is 9.59 Å². The highest BCUT2D eigenvalue weighted by Gasteiger charge is 2.35. The van der Waals surface area contributed by atoms with Crippen LogP contribution in [-0.4, -0.2) is 59.0 Å². The molecule has 2 amide bonds. The standard InChI is InChI=1S/C18H21N5O4S/c1-11(2)22-17(25)14(16(24)20-18(22)28)10-12-9-13(23(26)27)3-4-15(12)21-7-5-19-6-8-21/h3-4,9-11,19H,5-8H2,1-2H3,(H,20,24,28)/b14-10-. The van der Waals surface area contributed by atoms with Crippen LogP contribution >= 0.6 is 12.2 Å². The van der Waals surface area contributed by atoms with Crippen molar-refractivity contribution in [3.8, 4) is 0 Å². The second kappa shape index (κ2) is 8.03. The van der Waals surface area contributed by atoms with Gasteiger partial charge in [0.05, 0.1) is 4.92 Å². The number of amides is 2. The summed E-state index contributed by atoms with van der Waals surface area (Å²) in [4.78, 5) is 39.4. The number of rotatable bonds is 4. The molecule has 0 atom stereocenters. The molecule has 0 aliphatic carbocycles. The van der Waals surface area contributed by atoms with Crippen molar-refractivity contribution in [2.75, 3.05) is 31.1 Å². The van der Waals surface area contributed by atoms with E-state index in [0.29, 0.717) is 5.56 Å². The fourth-order valence-corrected chi connectivity index (χ4v) is 3.65. The van der Waals surface area contributed by atoms with Gasteiger partial charge < -0.3 is 10.2 Å². The van der Waals surface area contributed by atoms with Gasteiger partial charge in [0.15, 0.2) is 5.11 Å². The summed E-state index contributed by atoms with van der Waals surface area (Å²) in [5, 5.41) is 17.1. The Labute approximate surface area is 167 Å². The van der Waals surface area contributed by atoms with Gasteiger partial charge in [-0.05, 0) is 38.2 Å². The van der Waals surface area contributed by atoms with Crippen molar-refractivity contribution in [3.05, 3.63) is 39.4 Å². The summed E-state index contributed by atoms with van der Waals surface area (Å²) in [6.45, 7) is 6.58. The van der Waals surface area contributed by atoms with E-state index < -0.39 is 16.7 Å². The number of nitro benzene ring substituents is 1. The fraction of sp³-hybridized carbons (Fsp3) is 0.389. The molecule has 2 fully saturated rings. The van der Waals surface area contributed by atoms with E-state index in [1.54, 1.807) is 19.9 Å². The summed E-state index contributed by atoms with van der Waals surface area (Å²) in [6.07, 6.45) is 1.42. The number of hydrogen-bond donors (Lipinski definition) is 2. The van der Waals surface area contributed by atoms with Gasteiger partial charge in [0.1, 0.15) is 5.57 Å². The topological polar surface area (TPSA) is 108 Å². The van der Waals surface area contributed by atoms with Crippen molar-refractivity contribution in [1.82, 2.24) is 15.5 Å². The van der Waals surface area contributed by atoms with Crippen LogP contribution in [0.15, 0.2) is 23.8 Å². The molecule has 2 N–H and O–H groups in total. The van der Waals surface area contributed by atoms with Gasteiger partial charge in [-0.15, -0.1) is 0 Å². The van der Waals surface area contributed by atoms with Crippen molar-refractivity contribution >= 4 is 46.6 Å². The molecule has 3 rings (SSSR count). The fourth-order valence-electron chi connectivity index (χ4n) is 3.26. The second-order valence-electron chi connectivity index (χ2n) is 6.82. The van der Waals surface area contributed by atoms with E-state index in [2.05, 4.69) is 15.5 Å². The number of hydrogen-bond acceptors (Lipinski definition) is 7. The molecular formula is C18H21N5O4S. The second-order valence-corrected chi connectivity index (χ2v) is 7.21. The van der Waals surface area contributed by atoms with Gasteiger partial charge in [-0.2, -0.15) is 0 Å². The molecule has 0 aromatic heterocycles. The molecule has 28 heavy (non-hydrogen) atoms. The largest absolute Gasteiger partial charge is 0.368 e. The van der Waals surface area contributed by atoms with Gasteiger partial charge in [0.2, 0.25) is 0 Å². The summed E-state index contributed by atoms with van der Waals surface area (Å²) in [5.41, 5.74) is 0.986. The van der Waals surface area contributed by atoms with Crippen LogP contribution in [0.25, 0.3) is 6.08 Å². The molecule has 2 heterocycles. The predicted molar refractivity (Wildman–Crippen MR) is 109 cm³/mol. The summed E-state index contributed by atoms with van der Waals surface area (Å²) >= 11 is 5.10. The van der Waals surface area contributed by atoms with Crippen molar-refractivity contribution in [2.24, 2.45) is 0 Å². The van der Waals surface area contributed by atoms with Gasteiger partial charge in [-0.3, -0.25) is 29.9 Å². The number of benzene rings is 1. The summed E-state index contributed by atoms with van der Waals surface area (Å²) in [6, 6.07) is 4.24. The molecule has 10 heteroatoms. The van der Waals surface area contributed by atoms with Crippen LogP contribution < -0.4 is 15.5 Å². The molecule has 2 aliphatic heterocycles. The highest BCUT2D eigenvalue weighted by molar-refractivity contribution is 7.80. The first-order valence-electron chi connectivity index (χ1n) is 8.94. The maximum absolute atomic E-state index is 12.9. The number of thiocarbonyl (C=S) groups is 1. The number of nitro groups is 1. The molecule has 148 valence electrons. The predicted octanol–water partition coefficient (Wildman–Crippen LogP) is 1.04. The molecular weight excluding hydrogens is 382 g/mol. The molecule has 0 radical (unpaired) electrons. The molecule has 9 nitrogen and oxygen atoms in total. The van der Waals surface area contributed by atoms with E-state index in [-0.39, 0.29) is 22.4 Å². The lowest BCUT2D eigenvalue weighted by Gasteiger charge is -2.33. The quantitative estimate of drug-likeness (QED) is 0.254. The van der Waals surface area contributed by atoms with E-state index in [1.807, 2.05) is 0 Å². The highest BCUT2D eigenvalue weighted by atomic mass is 32.1. The maximum atomic E-state index is 12.9. The van der Waals surface area contributed by atoms with Crippen molar-refractivity contribution in [3.63, 3.8) is 0 Å². The van der Waals surface area contributed by atoms with E-state index >= 15 is 0 Å². The Balaban J connectivity index is 2.08. The Bertz CT molecular complexity index is 877. The van der Waals surface area contributed by atoms with E-state index in [1.165, 1.54) is 23.1 Å². The molecule has 0 bridgehead atoms. The monoisotopic (exact) mass is 403 g/mol. The zero-order valence-electron chi connectivity index (χ0n) is 15.6. The number of non-ortho nitro benzene ring substituents is 1. The van der Waals surface area contributed by atoms with Gasteiger partial charge in [-0.25, -0.2) is 0 Å². The first-order chi connectivity index (χ1) is 13.3. The number of nitrogens with zero attached hydrogens (tertiary/aromatic N) is 3. The SMILES string of the molecule is CC(C)N1C(=O)/C(=C\c2cc([N+](=O)[O-])ccc2N2CCNCC2)C(=O)NC1=S. The highest BCUT2D eigenvalue weighted by Crippen LogP contribution is 2.29. The van der Waals surface area contributed by atoms with Crippen LogP contribution in [0.1, 0.15) is 19.4 Å². The average molecular weight is 403 g/mol. The van der Waals surface area contributed by atoms with E-state index in [4.69, 9.17) is 12.2 Å². The molecule has 2 saturated heterocycles. The zero-order chi connectivity index (χ0) is 20.4. The van der Waals surface area contributed by atoms with Crippen LogP contribution in [0.4, 0.5) is 11.4 Å². The maximum Gasteiger partial charge on any atom is 0.270 e. The van der Waals surface area contributed by atoms with Crippen molar-refractivity contribution < 1.29 is 14.5 Å². The lowest BCUT2D eigenvalue weighted by atomic mass is 10.0. The lowest BCUT2D eigenvalue weighted by Crippen LogP contribution is -2.56. The minimum absolute atomic E-state index is 0.0588. The minimum Gasteiger partial charge on any atom is -0.368 e.